The number of amides is 1. The minimum absolute atomic E-state index is 0.127. The van der Waals surface area contributed by atoms with Crippen molar-refractivity contribution >= 4 is 5.91 Å². The number of carbonyl (C=O) groups excluding carboxylic acids is 1. The molecule has 1 heterocycles. The highest BCUT2D eigenvalue weighted by Crippen LogP contribution is 2.38. The van der Waals surface area contributed by atoms with E-state index in [1.165, 1.54) is 0 Å². The van der Waals surface area contributed by atoms with Crippen LogP contribution in [0.1, 0.15) is 11.1 Å². The number of aromatic hydroxyl groups is 1. The fourth-order valence-corrected chi connectivity index (χ4v) is 2.96. The quantitative estimate of drug-likeness (QED) is 0.909. The molecule has 0 saturated heterocycles. The number of ether oxygens (including phenoxy) is 1. The number of phenolic OH excluding ortho intramolecular Hbond substituents is 1. The van der Waals surface area contributed by atoms with E-state index in [2.05, 4.69) is 0 Å². The largest absolute Gasteiger partial charge is 0.504 e. The summed E-state index contributed by atoms with van der Waals surface area (Å²) in [5.74, 6) is 0.253. The van der Waals surface area contributed by atoms with Crippen molar-refractivity contribution < 1.29 is 14.6 Å². The van der Waals surface area contributed by atoms with Crippen molar-refractivity contribution in [2.24, 2.45) is 5.73 Å². The Kier molecular flexibility index (Phi) is 4.21. The summed E-state index contributed by atoms with van der Waals surface area (Å²) in [7, 11) is 0. The average Bonchev–Trinajstić information content (AvgIpc) is 2.69. The van der Waals surface area contributed by atoms with Crippen LogP contribution in [-0.4, -0.2) is 35.6 Å². The van der Waals surface area contributed by atoms with Gasteiger partial charge in [-0.15, -0.1) is 0 Å². The molecule has 1 amide bonds. The molecule has 0 unspecified atom stereocenters. The summed E-state index contributed by atoms with van der Waals surface area (Å²) in [6.07, 6.45) is 0. The van der Waals surface area contributed by atoms with Gasteiger partial charge in [0.25, 0.3) is 0 Å². The van der Waals surface area contributed by atoms with Gasteiger partial charge in [-0.3, -0.25) is 9.69 Å². The van der Waals surface area contributed by atoms with E-state index >= 15 is 0 Å². The molecule has 0 saturated carbocycles. The summed E-state index contributed by atoms with van der Waals surface area (Å²) in [4.78, 5) is 13.1. The van der Waals surface area contributed by atoms with Gasteiger partial charge in [0, 0.05) is 18.7 Å². The van der Waals surface area contributed by atoms with E-state index in [1.807, 2.05) is 42.2 Å². The second kappa shape index (κ2) is 6.30. The lowest BCUT2D eigenvalue weighted by molar-refractivity contribution is -0.119. The van der Waals surface area contributed by atoms with Gasteiger partial charge in [-0.2, -0.15) is 0 Å². The summed E-state index contributed by atoms with van der Waals surface area (Å²) in [6.45, 7) is 3.74. The lowest BCUT2D eigenvalue weighted by Gasteiger charge is -2.17. The van der Waals surface area contributed by atoms with Crippen LogP contribution in [0.4, 0.5) is 0 Å². The molecule has 0 spiro atoms. The van der Waals surface area contributed by atoms with Crippen molar-refractivity contribution in [3.05, 3.63) is 47.5 Å². The molecule has 0 bridgehead atoms. The van der Waals surface area contributed by atoms with Crippen LogP contribution in [0, 0.1) is 6.92 Å². The van der Waals surface area contributed by atoms with Crippen LogP contribution in [0.3, 0.4) is 0 Å². The van der Waals surface area contributed by atoms with Crippen molar-refractivity contribution in [3.8, 4) is 22.6 Å². The number of nitrogens with zero attached hydrogens (tertiary/aromatic N) is 1. The number of carbonyl (C=O) groups is 1. The fraction of sp³-hybridized carbons (Fsp3) is 0.278. The molecule has 0 fully saturated rings. The Morgan fingerprint density at radius 3 is 2.87 bits per heavy atom. The molecule has 1 aliphatic heterocycles. The Bertz CT molecular complexity index is 743. The lowest BCUT2D eigenvalue weighted by atomic mass is 9.98. The van der Waals surface area contributed by atoms with Gasteiger partial charge in [-0.25, -0.2) is 0 Å². The monoisotopic (exact) mass is 312 g/mol. The van der Waals surface area contributed by atoms with Crippen LogP contribution < -0.4 is 10.5 Å². The number of nitrogens with two attached hydrogens (primary N) is 1. The maximum Gasteiger partial charge on any atom is 0.231 e. The second-order valence-corrected chi connectivity index (χ2v) is 5.82. The first kappa shape index (κ1) is 15.4. The lowest BCUT2D eigenvalue weighted by Crippen LogP contribution is -2.34. The summed E-state index contributed by atoms with van der Waals surface area (Å²) in [6, 6.07) is 11.8. The number of aryl methyl sites for hydroxylation is 1. The molecule has 5 nitrogen and oxygen atoms in total. The highest BCUT2D eigenvalue weighted by Gasteiger charge is 2.20. The van der Waals surface area contributed by atoms with Crippen LogP contribution in [0.5, 0.6) is 11.5 Å². The Labute approximate surface area is 135 Å². The number of hydrogen-bond acceptors (Lipinski definition) is 4. The molecule has 0 aliphatic carbocycles. The van der Waals surface area contributed by atoms with Gasteiger partial charge >= 0.3 is 0 Å². The molecule has 1 aliphatic rings. The number of phenols is 1. The zero-order valence-electron chi connectivity index (χ0n) is 13.1. The maximum atomic E-state index is 11.2. The molecule has 0 atom stereocenters. The molecule has 2 aromatic rings. The zero-order valence-corrected chi connectivity index (χ0v) is 13.1. The molecule has 3 rings (SSSR count). The zero-order chi connectivity index (χ0) is 16.4. The highest BCUT2D eigenvalue weighted by molar-refractivity contribution is 5.76. The molecule has 2 aromatic carbocycles. The first-order chi connectivity index (χ1) is 11.0. The predicted molar refractivity (Wildman–Crippen MR) is 88.2 cm³/mol. The molecular formula is C18H20N2O3. The van der Waals surface area contributed by atoms with Gasteiger partial charge in [0.05, 0.1) is 6.54 Å². The normalized spacial score (nSPS) is 14.7. The summed E-state index contributed by atoms with van der Waals surface area (Å²) < 4.78 is 5.67. The first-order valence-corrected chi connectivity index (χ1v) is 7.60. The number of benzene rings is 2. The summed E-state index contributed by atoms with van der Waals surface area (Å²) in [5.41, 5.74) is 9.29. The van der Waals surface area contributed by atoms with E-state index in [-0.39, 0.29) is 18.2 Å². The van der Waals surface area contributed by atoms with Crippen molar-refractivity contribution in [1.82, 2.24) is 4.90 Å². The maximum absolute atomic E-state index is 11.2. The molecule has 0 radical (unpaired) electrons. The van der Waals surface area contributed by atoms with Crippen LogP contribution in [-0.2, 0) is 11.3 Å². The van der Waals surface area contributed by atoms with Gasteiger partial charge in [-0.05, 0) is 35.7 Å². The second-order valence-electron chi connectivity index (χ2n) is 5.82. The van der Waals surface area contributed by atoms with Gasteiger partial charge in [0.2, 0.25) is 5.91 Å². The van der Waals surface area contributed by atoms with E-state index in [0.717, 1.165) is 22.3 Å². The summed E-state index contributed by atoms with van der Waals surface area (Å²) >= 11 is 0. The third-order valence-corrected chi connectivity index (χ3v) is 4.03. The molecule has 120 valence electrons. The number of primary amides is 1. The minimum atomic E-state index is -0.368. The van der Waals surface area contributed by atoms with E-state index < -0.39 is 0 Å². The first-order valence-electron chi connectivity index (χ1n) is 7.60. The fourth-order valence-electron chi connectivity index (χ4n) is 2.96. The minimum Gasteiger partial charge on any atom is -0.504 e. The Hall–Kier alpha value is -2.53. The van der Waals surface area contributed by atoms with E-state index in [0.29, 0.717) is 25.4 Å². The molecule has 3 N–H and O–H groups in total. The SMILES string of the molecule is Cc1ccccc1-c1cc(O)c2c(c1)CN(CC(N)=O)CCO2. The molecule has 0 aromatic heterocycles. The van der Waals surface area contributed by atoms with E-state index in [9.17, 15) is 9.90 Å². The molecule has 23 heavy (non-hydrogen) atoms. The van der Waals surface area contributed by atoms with E-state index in [1.54, 1.807) is 6.07 Å². The smallest absolute Gasteiger partial charge is 0.231 e. The van der Waals surface area contributed by atoms with Gasteiger partial charge in [0.1, 0.15) is 6.61 Å². The third kappa shape index (κ3) is 3.29. The standard InChI is InChI=1S/C18H20N2O3/c1-12-4-2-3-5-15(12)13-8-14-10-20(11-17(19)22)6-7-23-18(14)16(21)9-13/h2-5,8-9,21H,6-7,10-11H2,1H3,(H2,19,22). The molecule has 5 heteroatoms. The summed E-state index contributed by atoms with van der Waals surface area (Å²) in [5, 5.41) is 10.3. The van der Waals surface area contributed by atoms with E-state index in [4.69, 9.17) is 10.5 Å². The Balaban J connectivity index is 2.01. The van der Waals surface area contributed by atoms with Gasteiger partial charge in [-0.1, -0.05) is 24.3 Å². The van der Waals surface area contributed by atoms with Crippen LogP contribution in [0.15, 0.2) is 36.4 Å². The van der Waals surface area contributed by atoms with Crippen molar-refractivity contribution in [1.29, 1.82) is 0 Å². The van der Waals surface area contributed by atoms with Gasteiger partial charge in [0.15, 0.2) is 11.5 Å². The number of rotatable bonds is 3. The van der Waals surface area contributed by atoms with Crippen molar-refractivity contribution in [3.63, 3.8) is 0 Å². The van der Waals surface area contributed by atoms with Crippen LogP contribution in [0.2, 0.25) is 0 Å². The van der Waals surface area contributed by atoms with Gasteiger partial charge < -0.3 is 15.6 Å². The van der Waals surface area contributed by atoms with Crippen molar-refractivity contribution in [2.75, 3.05) is 19.7 Å². The third-order valence-electron chi connectivity index (χ3n) is 4.03. The highest BCUT2D eigenvalue weighted by atomic mass is 16.5. The Morgan fingerprint density at radius 1 is 1.35 bits per heavy atom. The van der Waals surface area contributed by atoms with Crippen LogP contribution in [0.25, 0.3) is 11.1 Å². The number of fused-ring (bicyclic) bond motifs is 1. The van der Waals surface area contributed by atoms with Crippen LogP contribution >= 0.6 is 0 Å². The Morgan fingerprint density at radius 2 is 2.13 bits per heavy atom. The topological polar surface area (TPSA) is 75.8 Å². The van der Waals surface area contributed by atoms with Crippen molar-refractivity contribution in [2.45, 2.75) is 13.5 Å². The predicted octanol–water partition coefficient (Wildman–Crippen LogP) is 2.05. The average molecular weight is 312 g/mol. The number of hydrogen-bond donors (Lipinski definition) is 2. The molecular weight excluding hydrogens is 292 g/mol.